The Labute approximate surface area is 183 Å². The predicted octanol–water partition coefficient (Wildman–Crippen LogP) is 1.78. The SMILES string of the molecule is Cc1ccc2c(CN3CCN(S(=O)(=O)c4ccc5[nH]c(=O)[nH]c5c4)CC3)cc(=O)oc2c1. The molecule has 1 saturated heterocycles. The molecule has 0 radical (unpaired) electrons. The highest BCUT2D eigenvalue weighted by atomic mass is 32.2. The van der Waals surface area contributed by atoms with E-state index in [2.05, 4.69) is 14.9 Å². The Kier molecular flexibility index (Phi) is 5.00. The van der Waals surface area contributed by atoms with Gasteiger partial charge in [-0.2, -0.15) is 4.31 Å². The van der Waals surface area contributed by atoms with Crippen LogP contribution in [0.1, 0.15) is 11.1 Å². The van der Waals surface area contributed by atoms with E-state index in [9.17, 15) is 18.0 Å². The largest absolute Gasteiger partial charge is 0.423 e. The van der Waals surface area contributed by atoms with Crippen LogP contribution in [-0.2, 0) is 16.6 Å². The van der Waals surface area contributed by atoms with Gasteiger partial charge in [-0.3, -0.25) is 4.90 Å². The summed E-state index contributed by atoms with van der Waals surface area (Å²) in [4.78, 5) is 30.9. The number of nitrogens with one attached hydrogen (secondary N) is 2. The van der Waals surface area contributed by atoms with E-state index in [1.807, 2.05) is 25.1 Å². The molecule has 5 rings (SSSR count). The number of rotatable bonds is 4. The fourth-order valence-electron chi connectivity index (χ4n) is 4.16. The zero-order valence-corrected chi connectivity index (χ0v) is 18.2. The number of fused-ring (bicyclic) bond motifs is 2. The number of aromatic nitrogens is 2. The molecule has 0 saturated carbocycles. The third kappa shape index (κ3) is 3.77. The maximum Gasteiger partial charge on any atom is 0.336 e. The summed E-state index contributed by atoms with van der Waals surface area (Å²) in [6, 6.07) is 11.9. The summed E-state index contributed by atoms with van der Waals surface area (Å²) in [7, 11) is -3.68. The second-order valence-electron chi connectivity index (χ2n) is 8.06. The molecule has 1 aliphatic heterocycles. The van der Waals surface area contributed by atoms with Crippen LogP contribution in [-0.4, -0.2) is 53.8 Å². The van der Waals surface area contributed by atoms with Crippen LogP contribution in [0.4, 0.5) is 0 Å². The summed E-state index contributed by atoms with van der Waals surface area (Å²) in [6.07, 6.45) is 0. The first-order valence-electron chi connectivity index (χ1n) is 10.3. The molecule has 3 heterocycles. The topological polar surface area (TPSA) is 119 Å². The number of piperazine rings is 1. The van der Waals surface area contributed by atoms with Crippen molar-refractivity contribution in [2.75, 3.05) is 26.2 Å². The number of hydrogen-bond acceptors (Lipinski definition) is 6. The van der Waals surface area contributed by atoms with E-state index in [0.29, 0.717) is 49.3 Å². The van der Waals surface area contributed by atoms with Gasteiger partial charge in [-0.15, -0.1) is 0 Å². The molecule has 0 bridgehead atoms. The van der Waals surface area contributed by atoms with E-state index in [-0.39, 0.29) is 10.6 Å². The van der Waals surface area contributed by atoms with Gasteiger partial charge >= 0.3 is 11.3 Å². The first kappa shape index (κ1) is 20.7. The van der Waals surface area contributed by atoms with Crippen LogP contribution in [0.15, 0.2) is 61.4 Å². The van der Waals surface area contributed by atoms with E-state index < -0.39 is 15.6 Å². The monoisotopic (exact) mass is 454 g/mol. The predicted molar refractivity (Wildman–Crippen MR) is 120 cm³/mol. The zero-order chi connectivity index (χ0) is 22.5. The normalized spacial score (nSPS) is 16.2. The number of benzene rings is 2. The molecule has 32 heavy (non-hydrogen) atoms. The highest BCUT2D eigenvalue weighted by Crippen LogP contribution is 2.23. The summed E-state index contributed by atoms with van der Waals surface area (Å²) in [5.74, 6) is 0. The van der Waals surface area contributed by atoms with Gasteiger partial charge in [0.25, 0.3) is 0 Å². The third-order valence-corrected chi connectivity index (χ3v) is 7.73. The van der Waals surface area contributed by atoms with E-state index in [0.717, 1.165) is 16.5 Å². The Morgan fingerprint density at radius 2 is 1.69 bits per heavy atom. The summed E-state index contributed by atoms with van der Waals surface area (Å²) in [6.45, 7) is 4.23. The van der Waals surface area contributed by atoms with Crippen molar-refractivity contribution in [3.8, 4) is 0 Å². The van der Waals surface area contributed by atoms with Crippen LogP contribution >= 0.6 is 0 Å². The van der Waals surface area contributed by atoms with Crippen molar-refractivity contribution < 1.29 is 12.8 Å². The number of aryl methyl sites for hydroxylation is 1. The van der Waals surface area contributed by atoms with Gasteiger partial charge in [-0.25, -0.2) is 18.0 Å². The third-order valence-electron chi connectivity index (χ3n) is 5.84. The Bertz CT molecular complexity index is 1540. The molecule has 1 aliphatic rings. The lowest BCUT2D eigenvalue weighted by molar-refractivity contribution is 0.182. The van der Waals surface area contributed by atoms with E-state index >= 15 is 0 Å². The molecule has 1 fully saturated rings. The number of sulfonamides is 1. The summed E-state index contributed by atoms with van der Waals surface area (Å²) in [5.41, 5.74) is 2.70. The van der Waals surface area contributed by atoms with E-state index in [1.165, 1.54) is 22.5 Å². The Morgan fingerprint density at radius 3 is 2.47 bits per heavy atom. The van der Waals surface area contributed by atoms with Crippen molar-refractivity contribution in [3.05, 3.63) is 74.5 Å². The molecule has 10 heteroatoms. The molecule has 2 aromatic heterocycles. The molecule has 2 aromatic carbocycles. The molecular weight excluding hydrogens is 432 g/mol. The van der Waals surface area contributed by atoms with Crippen LogP contribution in [0.25, 0.3) is 22.0 Å². The van der Waals surface area contributed by atoms with Gasteiger partial charge in [0.05, 0.1) is 15.9 Å². The fraction of sp³-hybridized carbons (Fsp3) is 0.273. The van der Waals surface area contributed by atoms with Crippen molar-refractivity contribution >= 4 is 32.0 Å². The molecule has 0 spiro atoms. The lowest BCUT2D eigenvalue weighted by atomic mass is 10.1. The van der Waals surface area contributed by atoms with Crippen molar-refractivity contribution in [1.82, 2.24) is 19.2 Å². The van der Waals surface area contributed by atoms with Gasteiger partial charge in [-0.1, -0.05) is 12.1 Å². The second kappa shape index (κ2) is 7.73. The molecule has 0 amide bonds. The lowest BCUT2D eigenvalue weighted by Gasteiger charge is -2.34. The van der Waals surface area contributed by atoms with Crippen molar-refractivity contribution in [3.63, 3.8) is 0 Å². The van der Waals surface area contributed by atoms with Gasteiger partial charge in [0, 0.05) is 44.2 Å². The number of hydrogen-bond donors (Lipinski definition) is 2. The highest BCUT2D eigenvalue weighted by Gasteiger charge is 2.29. The Balaban J connectivity index is 1.33. The molecule has 4 aromatic rings. The van der Waals surface area contributed by atoms with Gasteiger partial charge in [0.1, 0.15) is 5.58 Å². The number of H-pyrrole nitrogens is 2. The van der Waals surface area contributed by atoms with Crippen molar-refractivity contribution in [1.29, 1.82) is 0 Å². The first-order valence-corrected chi connectivity index (χ1v) is 11.7. The van der Waals surface area contributed by atoms with Crippen LogP contribution in [0, 0.1) is 6.92 Å². The molecule has 0 aliphatic carbocycles. The summed E-state index contributed by atoms with van der Waals surface area (Å²) < 4.78 is 33.0. The van der Waals surface area contributed by atoms with Gasteiger partial charge in [-0.05, 0) is 42.3 Å². The Hall–Kier alpha value is -3.21. The summed E-state index contributed by atoms with van der Waals surface area (Å²) in [5, 5.41) is 0.888. The first-order chi connectivity index (χ1) is 15.3. The fourth-order valence-corrected chi connectivity index (χ4v) is 5.61. The quantitative estimate of drug-likeness (QED) is 0.454. The van der Waals surface area contributed by atoms with E-state index in [4.69, 9.17) is 4.42 Å². The maximum absolute atomic E-state index is 13.1. The highest BCUT2D eigenvalue weighted by molar-refractivity contribution is 7.89. The molecule has 0 unspecified atom stereocenters. The number of aromatic amines is 2. The Morgan fingerprint density at radius 1 is 0.938 bits per heavy atom. The van der Waals surface area contributed by atoms with Gasteiger partial charge in [0.2, 0.25) is 10.0 Å². The van der Waals surface area contributed by atoms with Crippen LogP contribution < -0.4 is 11.3 Å². The van der Waals surface area contributed by atoms with Crippen LogP contribution in [0.3, 0.4) is 0 Å². The van der Waals surface area contributed by atoms with Crippen molar-refractivity contribution in [2.45, 2.75) is 18.4 Å². The molecule has 166 valence electrons. The molecule has 2 N–H and O–H groups in total. The molecule has 9 nitrogen and oxygen atoms in total. The summed E-state index contributed by atoms with van der Waals surface area (Å²) >= 11 is 0. The molecular formula is C22H22N4O5S. The number of imidazole rings is 1. The average Bonchev–Trinajstić information content (AvgIpc) is 3.13. The lowest BCUT2D eigenvalue weighted by Crippen LogP contribution is -2.48. The van der Waals surface area contributed by atoms with Crippen LogP contribution in [0.5, 0.6) is 0 Å². The van der Waals surface area contributed by atoms with Crippen LogP contribution in [0.2, 0.25) is 0 Å². The smallest absolute Gasteiger partial charge is 0.336 e. The van der Waals surface area contributed by atoms with Gasteiger partial charge in [0.15, 0.2) is 0 Å². The zero-order valence-electron chi connectivity index (χ0n) is 17.4. The molecule has 0 atom stereocenters. The second-order valence-corrected chi connectivity index (χ2v) is 9.99. The number of nitrogens with zero attached hydrogens (tertiary/aromatic N) is 2. The van der Waals surface area contributed by atoms with Gasteiger partial charge < -0.3 is 14.4 Å². The minimum atomic E-state index is -3.68. The standard InChI is InChI=1S/C22H22N4O5S/c1-14-2-4-17-15(11-21(27)31-20(17)10-14)13-25-6-8-26(9-7-25)32(29,30)16-3-5-18-19(12-16)24-22(28)23-18/h2-5,10-12H,6-9,13H2,1H3,(H2,23,24,28). The van der Waals surface area contributed by atoms with Crippen molar-refractivity contribution in [2.24, 2.45) is 0 Å². The van der Waals surface area contributed by atoms with E-state index in [1.54, 1.807) is 6.07 Å². The minimum absolute atomic E-state index is 0.149. The maximum atomic E-state index is 13.1. The minimum Gasteiger partial charge on any atom is -0.423 e. The average molecular weight is 455 g/mol.